The van der Waals surface area contributed by atoms with Crippen molar-refractivity contribution in [1.82, 2.24) is 5.32 Å². The minimum atomic E-state index is -0.392. The largest absolute Gasteiger partial charge is 0.360 e. The first-order valence-corrected chi connectivity index (χ1v) is 6.25. The van der Waals surface area contributed by atoms with Crippen molar-refractivity contribution in [2.45, 2.75) is 26.8 Å². The molecule has 1 aromatic carbocycles. The van der Waals surface area contributed by atoms with Crippen LogP contribution >= 0.6 is 11.6 Å². The number of amides is 1. The molecule has 1 rings (SSSR count). The Morgan fingerprint density at radius 3 is 2.68 bits per heavy atom. The highest BCUT2D eigenvalue weighted by atomic mass is 35.5. The molecule has 0 bridgehead atoms. The molecule has 1 amide bonds. The molecule has 0 radical (unpaired) electrons. The Labute approximate surface area is 118 Å². The zero-order chi connectivity index (χ0) is 14.4. The van der Waals surface area contributed by atoms with Crippen molar-refractivity contribution < 1.29 is 4.79 Å². The van der Waals surface area contributed by atoms with Gasteiger partial charge in [0, 0.05) is 23.0 Å². The third-order valence-corrected chi connectivity index (χ3v) is 2.58. The lowest BCUT2D eigenvalue weighted by molar-refractivity contribution is -0.117. The smallest absolute Gasteiger partial charge is 0.263 e. The number of hydrogen-bond donors (Lipinski definition) is 2. The average Bonchev–Trinajstić information content (AvgIpc) is 2.31. The molecule has 0 spiro atoms. The Hall–Kier alpha value is -1.99. The number of nitrogens with zero attached hydrogens (tertiary/aromatic N) is 1. The number of carbonyl (C=O) groups excluding carboxylic acids is 1. The van der Waals surface area contributed by atoms with Crippen LogP contribution in [-0.2, 0) is 4.79 Å². The maximum atomic E-state index is 11.7. The summed E-state index contributed by atoms with van der Waals surface area (Å²) in [6.45, 7) is 5.57. The van der Waals surface area contributed by atoms with Gasteiger partial charge in [0.05, 0.1) is 0 Å². The van der Waals surface area contributed by atoms with Crippen molar-refractivity contribution in [2.24, 2.45) is 0 Å². The quantitative estimate of drug-likeness (QED) is 0.657. The van der Waals surface area contributed by atoms with Gasteiger partial charge in [-0.3, -0.25) is 4.79 Å². The number of nitrogens with one attached hydrogen (secondary N) is 2. The van der Waals surface area contributed by atoms with Crippen LogP contribution in [0.25, 0.3) is 0 Å². The fraction of sp³-hybridized carbons (Fsp3) is 0.286. The molecule has 2 N–H and O–H groups in total. The summed E-state index contributed by atoms with van der Waals surface area (Å²) < 4.78 is 0. The molecule has 0 unspecified atom stereocenters. The normalized spacial score (nSPS) is 11.1. The number of aryl methyl sites for hydroxylation is 1. The Balaban J connectivity index is 2.83. The van der Waals surface area contributed by atoms with Crippen LogP contribution in [0.4, 0.5) is 5.69 Å². The van der Waals surface area contributed by atoms with Crippen molar-refractivity contribution in [3.05, 3.63) is 40.6 Å². The van der Waals surface area contributed by atoms with Gasteiger partial charge in [-0.1, -0.05) is 11.6 Å². The van der Waals surface area contributed by atoms with Gasteiger partial charge in [0.1, 0.15) is 11.6 Å². The molecule has 0 saturated heterocycles. The Morgan fingerprint density at radius 2 is 2.16 bits per heavy atom. The van der Waals surface area contributed by atoms with Gasteiger partial charge in [-0.15, -0.1) is 0 Å². The summed E-state index contributed by atoms with van der Waals surface area (Å²) in [5.74, 6) is -0.392. The molecular formula is C14H16ClN3O. The monoisotopic (exact) mass is 277 g/mol. The molecule has 0 aliphatic rings. The number of hydrogen-bond acceptors (Lipinski definition) is 3. The zero-order valence-corrected chi connectivity index (χ0v) is 11.9. The Bertz CT molecular complexity index is 544. The molecule has 0 heterocycles. The second kappa shape index (κ2) is 6.81. The van der Waals surface area contributed by atoms with Crippen LogP contribution in [0.3, 0.4) is 0 Å². The van der Waals surface area contributed by atoms with Gasteiger partial charge in [-0.25, -0.2) is 0 Å². The van der Waals surface area contributed by atoms with Crippen LogP contribution < -0.4 is 10.6 Å². The van der Waals surface area contributed by atoms with E-state index in [9.17, 15) is 4.79 Å². The van der Waals surface area contributed by atoms with E-state index in [1.54, 1.807) is 18.2 Å². The highest BCUT2D eigenvalue weighted by Crippen LogP contribution is 2.19. The molecule has 0 aromatic heterocycles. The summed E-state index contributed by atoms with van der Waals surface area (Å²) in [6, 6.07) is 7.20. The summed E-state index contributed by atoms with van der Waals surface area (Å²) in [5.41, 5.74) is 1.77. The van der Waals surface area contributed by atoms with Gasteiger partial charge in [0.25, 0.3) is 5.91 Å². The van der Waals surface area contributed by atoms with Gasteiger partial charge in [0.2, 0.25) is 0 Å². The lowest BCUT2D eigenvalue weighted by Gasteiger charge is -2.09. The number of nitriles is 1. The van der Waals surface area contributed by atoms with Gasteiger partial charge in [0.15, 0.2) is 0 Å². The van der Waals surface area contributed by atoms with E-state index in [-0.39, 0.29) is 11.6 Å². The van der Waals surface area contributed by atoms with Gasteiger partial charge >= 0.3 is 0 Å². The van der Waals surface area contributed by atoms with E-state index >= 15 is 0 Å². The molecule has 19 heavy (non-hydrogen) atoms. The van der Waals surface area contributed by atoms with Crippen LogP contribution in [0.5, 0.6) is 0 Å². The molecular weight excluding hydrogens is 262 g/mol. The van der Waals surface area contributed by atoms with E-state index in [0.29, 0.717) is 5.02 Å². The highest BCUT2D eigenvalue weighted by molar-refractivity contribution is 6.30. The minimum Gasteiger partial charge on any atom is -0.360 e. The van der Waals surface area contributed by atoms with E-state index in [1.165, 1.54) is 6.20 Å². The second-order valence-corrected chi connectivity index (χ2v) is 4.84. The minimum absolute atomic E-state index is 0.0125. The highest BCUT2D eigenvalue weighted by Gasteiger charge is 2.09. The first-order chi connectivity index (χ1) is 8.93. The molecule has 0 saturated carbocycles. The van der Waals surface area contributed by atoms with Gasteiger partial charge < -0.3 is 10.6 Å². The number of rotatable bonds is 4. The van der Waals surface area contributed by atoms with Crippen molar-refractivity contribution in [3.8, 4) is 6.07 Å². The Kier molecular flexibility index (Phi) is 5.40. The summed E-state index contributed by atoms with van der Waals surface area (Å²) >= 11 is 5.86. The lowest BCUT2D eigenvalue weighted by Crippen LogP contribution is -2.31. The van der Waals surface area contributed by atoms with Gasteiger partial charge in [-0.2, -0.15) is 5.26 Å². The molecule has 1 aromatic rings. The third kappa shape index (κ3) is 4.65. The standard InChI is InChI=1S/C14H16ClN3O/c1-9(2)18-14(19)11(7-16)8-17-13-5-4-12(15)6-10(13)3/h4-6,8-9,17H,1-3H3,(H,18,19)/b11-8-. The SMILES string of the molecule is Cc1cc(Cl)ccc1N/C=C(/C#N)C(=O)NC(C)C. The molecule has 0 fully saturated rings. The van der Waals surface area contributed by atoms with Crippen LogP contribution in [0.1, 0.15) is 19.4 Å². The third-order valence-electron chi connectivity index (χ3n) is 2.35. The summed E-state index contributed by atoms with van der Waals surface area (Å²) in [6.07, 6.45) is 1.40. The number of benzene rings is 1. The predicted octanol–water partition coefficient (Wildman–Crippen LogP) is 2.99. The van der Waals surface area contributed by atoms with E-state index in [2.05, 4.69) is 10.6 Å². The summed E-state index contributed by atoms with van der Waals surface area (Å²) in [4.78, 5) is 11.7. The summed E-state index contributed by atoms with van der Waals surface area (Å²) in [5, 5.41) is 15.2. The first-order valence-electron chi connectivity index (χ1n) is 5.88. The fourth-order valence-electron chi connectivity index (χ4n) is 1.43. The van der Waals surface area contributed by atoms with E-state index < -0.39 is 5.91 Å². The van der Waals surface area contributed by atoms with Crippen molar-refractivity contribution >= 4 is 23.2 Å². The predicted molar refractivity (Wildman–Crippen MR) is 76.8 cm³/mol. The first kappa shape index (κ1) is 15.1. The number of anilines is 1. The maximum Gasteiger partial charge on any atom is 0.263 e. The summed E-state index contributed by atoms with van der Waals surface area (Å²) in [7, 11) is 0. The van der Waals surface area contributed by atoms with Crippen LogP contribution in [-0.4, -0.2) is 11.9 Å². The molecule has 0 aliphatic heterocycles. The van der Waals surface area contributed by atoms with Crippen LogP contribution in [0.2, 0.25) is 5.02 Å². The molecule has 5 heteroatoms. The lowest BCUT2D eigenvalue weighted by atomic mass is 10.2. The van der Waals surface area contributed by atoms with E-state index in [1.807, 2.05) is 26.8 Å². The molecule has 0 atom stereocenters. The fourth-order valence-corrected chi connectivity index (χ4v) is 1.65. The second-order valence-electron chi connectivity index (χ2n) is 4.40. The topological polar surface area (TPSA) is 64.9 Å². The number of carbonyl (C=O) groups is 1. The van der Waals surface area contributed by atoms with Gasteiger partial charge in [-0.05, 0) is 44.5 Å². The average molecular weight is 278 g/mol. The van der Waals surface area contributed by atoms with Crippen molar-refractivity contribution in [2.75, 3.05) is 5.32 Å². The molecule has 100 valence electrons. The van der Waals surface area contributed by atoms with Crippen LogP contribution in [0.15, 0.2) is 30.0 Å². The zero-order valence-electron chi connectivity index (χ0n) is 11.1. The Morgan fingerprint density at radius 1 is 1.47 bits per heavy atom. The maximum absolute atomic E-state index is 11.7. The number of halogens is 1. The van der Waals surface area contributed by atoms with Crippen molar-refractivity contribution in [1.29, 1.82) is 5.26 Å². The van der Waals surface area contributed by atoms with E-state index in [4.69, 9.17) is 16.9 Å². The van der Waals surface area contributed by atoms with E-state index in [0.717, 1.165) is 11.3 Å². The molecule has 0 aliphatic carbocycles. The van der Waals surface area contributed by atoms with Crippen LogP contribution in [0, 0.1) is 18.3 Å². The van der Waals surface area contributed by atoms with Crippen molar-refractivity contribution in [3.63, 3.8) is 0 Å². The molecule has 4 nitrogen and oxygen atoms in total.